The summed E-state index contributed by atoms with van der Waals surface area (Å²) >= 11 is 0. The number of nitrogens with one attached hydrogen (secondary N) is 1. The van der Waals surface area contributed by atoms with E-state index in [1.165, 1.54) is 19.5 Å². The molecule has 3 aliphatic rings. The van der Waals surface area contributed by atoms with Crippen molar-refractivity contribution in [1.82, 2.24) is 10.2 Å². The van der Waals surface area contributed by atoms with Crippen molar-refractivity contribution in [1.29, 1.82) is 0 Å². The van der Waals surface area contributed by atoms with Crippen LogP contribution in [0, 0.1) is 0 Å². The molecule has 0 aromatic carbocycles. The van der Waals surface area contributed by atoms with Crippen LogP contribution in [0.25, 0.3) is 0 Å². The maximum atomic E-state index is 6.36. The standard InChI is InChI=1S/C12H22N2O2/c1-15-10-9-12(3-5-13-6-4-12)16-11(10)14-7-2-8-14/h10-11,13H,2-9H2,1H3. The molecule has 0 aromatic heterocycles. The third-order valence-corrected chi connectivity index (χ3v) is 4.33. The van der Waals surface area contributed by atoms with E-state index in [0.29, 0.717) is 0 Å². The second-order valence-corrected chi connectivity index (χ2v) is 5.31. The predicted molar refractivity (Wildman–Crippen MR) is 61.3 cm³/mol. The number of ether oxygens (including phenoxy) is 2. The average Bonchev–Trinajstić information content (AvgIpc) is 2.56. The third-order valence-electron chi connectivity index (χ3n) is 4.33. The summed E-state index contributed by atoms with van der Waals surface area (Å²) < 4.78 is 12.0. The lowest BCUT2D eigenvalue weighted by Crippen LogP contribution is -2.50. The van der Waals surface area contributed by atoms with Gasteiger partial charge in [0.05, 0.1) is 11.7 Å². The van der Waals surface area contributed by atoms with E-state index in [2.05, 4.69) is 10.2 Å². The number of hydrogen-bond donors (Lipinski definition) is 1. The Hall–Kier alpha value is -0.160. The molecule has 3 rings (SSSR count). The molecule has 2 atom stereocenters. The fourth-order valence-electron chi connectivity index (χ4n) is 3.16. The lowest BCUT2D eigenvalue weighted by atomic mass is 9.88. The van der Waals surface area contributed by atoms with Crippen LogP contribution < -0.4 is 5.32 Å². The molecule has 3 fully saturated rings. The quantitative estimate of drug-likeness (QED) is 0.746. The second kappa shape index (κ2) is 4.26. The molecule has 0 amide bonds. The normalized spacial score (nSPS) is 38.8. The Labute approximate surface area is 97.3 Å². The Morgan fingerprint density at radius 2 is 2.06 bits per heavy atom. The average molecular weight is 226 g/mol. The minimum absolute atomic E-state index is 0.103. The van der Waals surface area contributed by atoms with Crippen molar-refractivity contribution in [2.24, 2.45) is 0 Å². The lowest BCUT2D eigenvalue weighted by molar-refractivity contribution is -0.154. The highest BCUT2D eigenvalue weighted by molar-refractivity contribution is 4.98. The van der Waals surface area contributed by atoms with E-state index in [1.54, 1.807) is 0 Å². The van der Waals surface area contributed by atoms with Crippen LogP contribution >= 0.6 is 0 Å². The van der Waals surface area contributed by atoms with E-state index in [9.17, 15) is 0 Å². The van der Waals surface area contributed by atoms with Gasteiger partial charge < -0.3 is 14.8 Å². The Balaban J connectivity index is 1.70. The van der Waals surface area contributed by atoms with Crippen LogP contribution in [-0.4, -0.2) is 56.1 Å². The summed E-state index contributed by atoms with van der Waals surface area (Å²) in [5.41, 5.74) is 0.103. The van der Waals surface area contributed by atoms with Crippen molar-refractivity contribution in [3.63, 3.8) is 0 Å². The molecule has 0 bridgehead atoms. The zero-order valence-electron chi connectivity index (χ0n) is 10.1. The van der Waals surface area contributed by atoms with Crippen LogP contribution in [0.4, 0.5) is 0 Å². The van der Waals surface area contributed by atoms with E-state index in [4.69, 9.17) is 9.47 Å². The van der Waals surface area contributed by atoms with Gasteiger partial charge in [0, 0.05) is 26.6 Å². The Morgan fingerprint density at radius 1 is 1.31 bits per heavy atom. The van der Waals surface area contributed by atoms with Gasteiger partial charge >= 0.3 is 0 Å². The minimum Gasteiger partial charge on any atom is -0.377 e. The topological polar surface area (TPSA) is 33.7 Å². The van der Waals surface area contributed by atoms with Crippen LogP contribution in [0.5, 0.6) is 0 Å². The Morgan fingerprint density at radius 3 is 2.62 bits per heavy atom. The minimum atomic E-state index is 0.103. The lowest BCUT2D eigenvalue weighted by Gasteiger charge is -2.40. The summed E-state index contributed by atoms with van der Waals surface area (Å²) in [6.07, 6.45) is 5.15. The maximum Gasteiger partial charge on any atom is 0.137 e. The highest BCUT2D eigenvalue weighted by atomic mass is 16.6. The Bertz CT molecular complexity index is 249. The van der Waals surface area contributed by atoms with Crippen LogP contribution in [0.3, 0.4) is 0 Å². The first-order valence-corrected chi connectivity index (χ1v) is 6.48. The Kier molecular flexibility index (Phi) is 2.92. The summed E-state index contributed by atoms with van der Waals surface area (Å²) in [5.74, 6) is 0. The smallest absolute Gasteiger partial charge is 0.137 e. The van der Waals surface area contributed by atoms with E-state index < -0.39 is 0 Å². The van der Waals surface area contributed by atoms with Crippen LogP contribution in [-0.2, 0) is 9.47 Å². The highest BCUT2D eigenvalue weighted by Crippen LogP contribution is 2.40. The van der Waals surface area contributed by atoms with Gasteiger partial charge in [-0.25, -0.2) is 0 Å². The van der Waals surface area contributed by atoms with Gasteiger partial charge in [-0.05, 0) is 32.4 Å². The molecule has 3 saturated heterocycles. The van der Waals surface area contributed by atoms with E-state index in [0.717, 1.165) is 32.4 Å². The first-order valence-electron chi connectivity index (χ1n) is 6.48. The van der Waals surface area contributed by atoms with Gasteiger partial charge in [0.1, 0.15) is 6.23 Å². The number of nitrogens with zero attached hydrogens (tertiary/aromatic N) is 1. The molecule has 4 nitrogen and oxygen atoms in total. The van der Waals surface area contributed by atoms with Crippen molar-refractivity contribution >= 4 is 0 Å². The monoisotopic (exact) mass is 226 g/mol. The largest absolute Gasteiger partial charge is 0.377 e. The van der Waals surface area contributed by atoms with E-state index in [1.807, 2.05) is 7.11 Å². The molecule has 1 N–H and O–H groups in total. The van der Waals surface area contributed by atoms with Crippen LogP contribution in [0.1, 0.15) is 25.7 Å². The molecule has 1 spiro atoms. The second-order valence-electron chi connectivity index (χ2n) is 5.31. The molecule has 0 saturated carbocycles. The number of piperidine rings is 1. The zero-order chi connectivity index (χ0) is 11.0. The van der Waals surface area contributed by atoms with Crippen LogP contribution in [0.2, 0.25) is 0 Å². The number of hydrogen-bond acceptors (Lipinski definition) is 4. The SMILES string of the molecule is COC1CC2(CCNCC2)OC1N1CCC1. The van der Waals surface area contributed by atoms with Crippen molar-refractivity contribution in [2.45, 2.75) is 43.6 Å². The summed E-state index contributed by atoms with van der Waals surface area (Å²) in [5, 5.41) is 3.41. The van der Waals surface area contributed by atoms with Crippen molar-refractivity contribution in [3.05, 3.63) is 0 Å². The molecule has 2 unspecified atom stereocenters. The van der Waals surface area contributed by atoms with Gasteiger partial charge in [-0.2, -0.15) is 0 Å². The summed E-state index contributed by atoms with van der Waals surface area (Å²) in [6, 6.07) is 0. The first kappa shape index (κ1) is 11.0. The van der Waals surface area contributed by atoms with Crippen LogP contribution in [0.15, 0.2) is 0 Å². The molecule has 0 aromatic rings. The number of rotatable bonds is 2. The van der Waals surface area contributed by atoms with Gasteiger partial charge in [-0.15, -0.1) is 0 Å². The molecule has 4 heteroatoms. The van der Waals surface area contributed by atoms with Crippen molar-refractivity contribution < 1.29 is 9.47 Å². The summed E-state index contributed by atoms with van der Waals surface area (Å²) in [4.78, 5) is 2.42. The molecule has 3 heterocycles. The van der Waals surface area contributed by atoms with Gasteiger partial charge in [0.25, 0.3) is 0 Å². The molecule has 3 aliphatic heterocycles. The fourth-order valence-corrected chi connectivity index (χ4v) is 3.16. The number of methoxy groups -OCH3 is 1. The molecule has 0 radical (unpaired) electrons. The first-order chi connectivity index (χ1) is 7.83. The van der Waals surface area contributed by atoms with Gasteiger partial charge in [-0.1, -0.05) is 0 Å². The molecule has 92 valence electrons. The zero-order valence-corrected chi connectivity index (χ0v) is 10.1. The molecular formula is C12H22N2O2. The highest BCUT2D eigenvalue weighted by Gasteiger charge is 2.49. The molecular weight excluding hydrogens is 204 g/mol. The molecule has 16 heavy (non-hydrogen) atoms. The van der Waals surface area contributed by atoms with Crippen molar-refractivity contribution in [3.8, 4) is 0 Å². The summed E-state index contributed by atoms with van der Waals surface area (Å²) in [7, 11) is 1.82. The van der Waals surface area contributed by atoms with E-state index >= 15 is 0 Å². The predicted octanol–water partition coefficient (Wildman–Crippen LogP) is 0.576. The van der Waals surface area contributed by atoms with Gasteiger partial charge in [0.15, 0.2) is 0 Å². The number of likely N-dealkylation sites (tertiary alicyclic amines) is 1. The van der Waals surface area contributed by atoms with Crippen molar-refractivity contribution in [2.75, 3.05) is 33.3 Å². The molecule has 0 aliphatic carbocycles. The maximum absolute atomic E-state index is 6.36. The fraction of sp³-hybridized carbons (Fsp3) is 1.00. The van der Waals surface area contributed by atoms with E-state index in [-0.39, 0.29) is 17.9 Å². The van der Waals surface area contributed by atoms with Gasteiger partial charge in [-0.3, -0.25) is 4.90 Å². The summed E-state index contributed by atoms with van der Waals surface area (Å²) in [6.45, 7) is 4.53. The van der Waals surface area contributed by atoms with Gasteiger partial charge in [0.2, 0.25) is 0 Å². The third kappa shape index (κ3) is 1.78.